The SMILES string of the molecule is O=Cc1c(-c2cccc(F)c2F)cncc1-c1cccc(F)c1F. The molecule has 3 aromatic rings. The van der Waals surface area contributed by atoms with Gasteiger partial charge in [0.25, 0.3) is 0 Å². The molecule has 0 atom stereocenters. The molecule has 6 heteroatoms. The van der Waals surface area contributed by atoms with Gasteiger partial charge in [-0.3, -0.25) is 9.78 Å². The number of nitrogens with zero attached hydrogens (tertiary/aromatic N) is 1. The van der Waals surface area contributed by atoms with Crippen molar-refractivity contribution >= 4 is 6.29 Å². The zero-order valence-electron chi connectivity index (χ0n) is 12.1. The highest BCUT2D eigenvalue weighted by molar-refractivity contribution is 5.96. The van der Waals surface area contributed by atoms with Gasteiger partial charge in [-0.1, -0.05) is 24.3 Å². The molecule has 0 aliphatic heterocycles. The summed E-state index contributed by atoms with van der Waals surface area (Å²) in [4.78, 5) is 15.4. The molecular weight excluding hydrogens is 322 g/mol. The van der Waals surface area contributed by atoms with E-state index in [2.05, 4.69) is 4.98 Å². The Hall–Kier alpha value is -3.02. The molecule has 24 heavy (non-hydrogen) atoms. The van der Waals surface area contributed by atoms with Crippen LogP contribution in [0.5, 0.6) is 0 Å². The van der Waals surface area contributed by atoms with Crippen molar-refractivity contribution in [1.29, 1.82) is 0 Å². The van der Waals surface area contributed by atoms with E-state index < -0.39 is 23.3 Å². The van der Waals surface area contributed by atoms with Crippen LogP contribution in [0.1, 0.15) is 10.4 Å². The number of hydrogen-bond acceptors (Lipinski definition) is 2. The van der Waals surface area contributed by atoms with E-state index in [1.54, 1.807) is 0 Å². The number of aldehydes is 1. The predicted molar refractivity (Wildman–Crippen MR) is 80.3 cm³/mol. The number of halogens is 4. The first-order valence-electron chi connectivity index (χ1n) is 6.86. The Kier molecular flexibility index (Phi) is 4.12. The van der Waals surface area contributed by atoms with E-state index in [1.165, 1.54) is 36.7 Å². The Morgan fingerprint density at radius 1 is 0.708 bits per heavy atom. The molecule has 1 heterocycles. The summed E-state index contributed by atoms with van der Waals surface area (Å²) >= 11 is 0. The zero-order valence-corrected chi connectivity index (χ0v) is 12.1. The second-order valence-corrected chi connectivity index (χ2v) is 4.97. The normalized spacial score (nSPS) is 10.7. The standard InChI is InChI=1S/C18H9F4NO/c19-15-5-1-3-10(17(15)21)12-7-23-8-13(14(12)9-24)11-4-2-6-16(20)18(11)22/h1-9H. The molecule has 0 aliphatic rings. The molecule has 0 amide bonds. The van der Waals surface area contributed by atoms with Gasteiger partial charge in [0.05, 0.1) is 0 Å². The van der Waals surface area contributed by atoms with Crippen molar-refractivity contribution in [3.8, 4) is 22.3 Å². The molecule has 0 unspecified atom stereocenters. The third-order valence-electron chi connectivity index (χ3n) is 3.59. The fraction of sp³-hybridized carbons (Fsp3) is 0. The Balaban J connectivity index is 2.30. The summed E-state index contributed by atoms with van der Waals surface area (Å²) in [6, 6.07) is 6.96. The summed E-state index contributed by atoms with van der Waals surface area (Å²) in [5.41, 5.74) is -0.517. The van der Waals surface area contributed by atoms with Crippen molar-refractivity contribution in [3.05, 3.63) is 77.6 Å². The molecule has 0 saturated heterocycles. The lowest BCUT2D eigenvalue weighted by atomic mass is 9.94. The lowest BCUT2D eigenvalue weighted by Crippen LogP contribution is -1.99. The van der Waals surface area contributed by atoms with Gasteiger partial charge in [-0.15, -0.1) is 0 Å². The molecule has 0 radical (unpaired) electrons. The molecule has 0 aliphatic carbocycles. The average Bonchev–Trinajstić information content (AvgIpc) is 2.59. The maximum absolute atomic E-state index is 14.0. The first kappa shape index (κ1) is 15.9. The number of carbonyl (C=O) groups is 1. The highest BCUT2D eigenvalue weighted by Gasteiger charge is 2.19. The first-order valence-corrected chi connectivity index (χ1v) is 6.86. The summed E-state index contributed by atoms with van der Waals surface area (Å²) in [7, 11) is 0. The Morgan fingerprint density at radius 3 is 1.58 bits per heavy atom. The van der Waals surface area contributed by atoms with E-state index in [0.29, 0.717) is 6.29 Å². The molecule has 0 N–H and O–H groups in total. The van der Waals surface area contributed by atoms with E-state index in [0.717, 1.165) is 12.1 Å². The third kappa shape index (κ3) is 2.56. The highest BCUT2D eigenvalue weighted by Crippen LogP contribution is 2.33. The Morgan fingerprint density at radius 2 is 1.17 bits per heavy atom. The van der Waals surface area contributed by atoms with Gasteiger partial charge in [0, 0.05) is 40.2 Å². The van der Waals surface area contributed by atoms with Crippen molar-refractivity contribution in [1.82, 2.24) is 4.98 Å². The van der Waals surface area contributed by atoms with E-state index in [4.69, 9.17) is 0 Å². The lowest BCUT2D eigenvalue weighted by molar-refractivity contribution is 0.112. The third-order valence-corrected chi connectivity index (χ3v) is 3.59. The van der Waals surface area contributed by atoms with Gasteiger partial charge in [0.1, 0.15) is 0 Å². The van der Waals surface area contributed by atoms with E-state index >= 15 is 0 Å². The van der Waals surface area contributed by atoms with Gasteiger partial charge in [0.2, 0.25) is 0 Å². The summed E-state index contributed by atoms with van der Waals surface area (Å²) in [6.45, 7) is 0. The predicted octanol–water partition coefficient (Wildman–Crippen LogP) is 4.78. The minimum absolute atomic E-state index is 0.0110. The Bertz CT molecular complexity index is 871. The minimum Gasteiger partial charge on any atom is -0.298 e. The molecular formula is C18H9F4NO. The molecule has 2 nitrogen and oxygen atoms in total. The number of hydrogen-bond donors (Lipinski definition) is 0. The fourth-order valence-corrected chi connectivity index (χ4v) is 2.45. The average molecular weight is 331 g/mol. The van der Waals surface area contributed by atoms with Crippen molar-refractivity contribution in [2.45, 2.75) is 0 Å². The van der Waals surface area contributed by atoms with Crippen molar-refractivity contribution in [2.75, 3.05) is 0 Å². The molecule has 120 valence electrons. The molecule has 0 fully saturated rings. The van der Waals surface area contributed by atoms with E-state index in [1.807, 2.05) is 0 Å². The van der Waals surface area contributed by atoms with Gasteiger partial charge in [-0.05, 0) is 12.1 Å². The second kappa shape index (κ2) is 6.23. The Labute approximate surface area is 134 Å². The van der Waals surface area contributed by atoms with Crippen LogP contribution in [-0.4, -0.2) is 11.3 Å². The van der Waals surface area contributed by atoms with Crippen molar-refractivity contribution in [3.63, 3.8) is 0 Å². The van der Waals surface area contributed by atoms with Crippen LogP contribution in [0.4, 0.5) is 17.6 Å². The fourth-order valence-electron chi connectivity index (χ4n) is 2.45. The largest absolute Gasteiger partial charge is 0.298 e. The molecule has 2 aromatic carbocycles. The first-order chi connectivity index (χ1) is 11.5. The number of carbonyl (C=O) groups excluding carboxylic acids is 1. The molecule has 0 saturated carbocycles. The van der Waals surface area contributed by atoms with Gasteiger partial charge < -0.3 is 0 Å². The van der Waals surface area contributed by atoms with Gasteiger partial charge >= 0.3 is 0 Å². The molecule has 0 spiro atoms. The second-order valence-electron chi connectivity index (χ2n) is 4.97. The number of aromatic nitrogens is 1. The van der Waals surface area contributed by atoms with Crippen LogP contribution in [-0.2, 0) is 0 Å². The van der Waals surface area contributed by atoms with Crippen LogP contribution in [0.15, 0.2) is 48.8 Å². The zero-order chi connectivity index (χ0) is 17.3. The summed E-state index contributed by atoms with van der Waals surface area (Å²) in [6.07, 6.45) is 2.71. The number of pyridine rings is 1. The summed E-state index contributed by atoms with van der Waals surface area (Å²) in [5, 5.41) is 0. The van der Waals surface area contributed by atoms with Crippen LogP contribution in [0.2, 0.25) is 0 Å². The number of rotatable bonds is 3. The van der Waals surface area contributed by atoms with Crippen molar-refractivity contribution < 1.29 is 22.4 Å². The van der Waals surface area contributed by atoms with Crippen LogP contribution < -0.4 is 0 Å². The molecule has 1 aromatic heterocycles. The molecule has 3 rings (SSSR count). The highest BCUT2D eigenvalue weighted by atomic mass is 19.2. The number of benzene rings is 2. The van der Waals surface area contributed by atoms with Crippen LogP contribution in [0.25, 0.3) is 22.3 Å². The maximum Gasteiger partial charge on any atom is 0.166 e. The van der Waals surface area contributed by atoms with E-state index in [-0.39, 0.29) is 27.8 Å². The maximum atomic E-state index is 14.0. The topological polar surface area (TPSA) is 30.0 Å². The van der Waals surface area contributed by atoms with Gasteiger partial charge in [0.15, 0.2) is 29.6 Å². The van der Waals surface area contributed by atoms with Crippen LogP contribution in [0.3, 0.4) is 0 Å². The van der Waals surface area contributed by atoms with Crippen LogP contribution >= 0.6 is 0 Å². The lowest BCUT2D eigenvalue weighted by Gasteiger charge is -2.12. The van der Waals surface area contributed by atoms with Gasteiger partial charge in [-0.25, -0.2) is 17.6 Å². The van der Waals surface area contributed by atoms with Gasteiger partial charge in [-0.2, -0.15) is 0 Å². The minimum atomic E-state index is -1.15. The van der Waals surface area contributed by atoms with Crippen LogP contribution in [0, 0.1) is 23.3 Å². The van der Waals surface area contributed by atoms with Crippen molar-refractivity contribution in [2.24, 2.45) is 0 Å². The van der Waals surface area contributed by atoms with E-state index in [9.17, 15) is 22.4 Å². The smallest absolute Gasteiger partial charge is 0.166 e. The quantitative estimate of drug-likeness (QED) is 0.510. The molecule has 0 bridgehead atoms. The summed E-state index contributed by atoms with van der Waals surface area (Å²) in [5.74, 6) is -4.49. The summed E-state index contributed by atoms with van der Waals surface area (Å²) < 4.78 is 55.0. The monoisotopic (exact) mass is 331 g/mol.